The van der Waals surface area contributed by atoms with Gasteiger partial charge in [0.15, 0.2) is 0 Å². The summed E-state index contributed by atoms with van der Waals surface area (Å²) < 4.78 is 1.91. The first-order valence-electron chi connectivity index (χ1n) is 10.8. The van der Waals surface area contributed by atoms with E-state index >= 15 is 0 Å². The lowest BCUT2D eigenvalue weighted by Gasteiger charge is -2.26. The number of benzene rings is 2. The molecule has 4 rings (SSSR count). The molecule has 0 saturated carbocycles. The number of aromatic nitrogens is 2. The van der Waals surface area contributed by atoms with Crippen molar-refractivity contribution in [3.05, 3.63) is 83.2 Å². The zero-order valence-corrected chi connectivity index (χ0v) is 17.8. The maximum absolute atomic E-state index is 12.8. The molecular weight excluding hydrogens is 372 g/mol. The maximum Gasteiger partial charge on any atom is 0.251 e. The zero-order chi connectivity index (χ0) is 20.9. The molecule has 5 nitrogen and oxygen atoms in total. The van der Waals surface area contributed by atoms with E-state index in [1.807, 2.05) is 67.2 Å². The number of nitrogens with zero attached hydrogens (tertiary/aromatic N) is 3. The third-order valence-electron chi connectivity index (χ3n) is 5.93. The molecule has 0 aliphatic carbocycles. The van der Waals surface area contributed by atoms with Crippen molar-refractivity contribution < 1.29 is 4.79 Å². The second-order valence-electron chi connectivity index (χ2n) is 8.16. The van der Waals surface area contributed by atoms with E-state index < -0.39 is 0 Å². The average Bonchev–Trinajstić information content (AvgIpc) is 3.17. The second-order valence-corrected chi connectivity index (χ2v) is 8.16. The minimum atomic E-state index is -0.122. The van der Waals surface area contributed by atoms with Crippen LogP contribution in [-0.2, 0) is 6.54 Å². The van der Waals surface area contributed by atoms with Gasteiger partial charge in [0.05, 0.1) is 17.9 Å². The van der Waals surface area contributed by atoms with Crippen LogP contribution in [0.2, 0.25) is 0 Å². The first-order chi connectivity index (χ1) is 14.6. The minimum Gasteiger partial charge on any atom is -0.345 e. The van der Waals surface area contributed by atoms with E-state index in [1.165, 1.54) is 37.9 Å². The van der Waals surface area contributed by atoms with E-state index in [2.05, 4.69) is 27.4 Å². The summed E-state index contributed by atoms with van der Waals surface area (Å²) in [5.41, 5.74) is 5.03. The number of likely N-dealkylation sites (tertiary alicyclic amines) is 1. The Morgan fingerprint density at radius 2 is 1.73 bits per heavy atom. The summed E-state index contributed by atoms with van der Waals surface area (Å²) in [5.74, 6) is -0.0566. The summed E-state index contributed by atoms with van der Waals surface area (Å²) in [5, 5.41) is 7.63. The molecule has 0 bridgehead atoms. The van der Waals surface area contributed by atoms with Crippen LogP contribution < -0.4 is 5.32 Å². The predicted molar refractivity (Wildman–Crippen MR) is 120 cm³/mol. The first-order valence-corrected chi connectivity index (χ1v) is 10.8. The summed E-state index contributed by atoms with van der Waals surface area (Å²) >= 11 is 0. The van der Waals surface area contributed by atoms with Crippen LogP contribution in [-0.4, -0.2) is 33.7 Å². The van der Waals surface area contributed by atoms with Gasteiger partial charge in [-0.2, -0.15) is 5.10 Å². The number of nitrogens with one attached hydrogen (secondary N) is 1. The molecule has 2 aromatic carbocycles. The SMILES string of the molecule is Cc1c([C@@H](C)NC(=O)c2ccc(CN3CCCCC3)cc2)cnn1-c1ccccc1. The van der Waals surface area contributed by atoms with E-state index in [-0.39, 0.29) is 11.9 Å². The molecule has 1 atom stereocenters. The molecule has 1 N–H and O–H groups in total. The molecule has 2 heterocycles. The van der Waals surface area contributed by atoms with Gasteiger partial charge in [0.2, 0.25) is 0 Å². The van der Waals surface area contributed by atoms with Crippen molar-refractivity contribution in [3.8, 4) is 5.69 Å². The van der Waals surface area contributed by atoms with Gasteiger partial charge in [-0.15, -0.1) is 0 Å². The van der Waals surface area contributed by atoms with Crippen LogP contribution in [0, 0.1) is 6.92 Å². The number of piperidine rings is 1. The van der Waals surface area contributed by atoms with Gasteiger partial charge in [0.1, 0.15) is 0 Å². The van der Waals surface area contributed by atoms with Crippen molar-refractivity contribution in [2.45, 2.75) is 45.7 Å². The first kappa shape index (κ1) is 20.4. The van der Waals surface area contributed by atoms with Crippen LogP contribution >= 0.6 is 0 Å². The van der Waals surface area contributed by atoms with E-state index in [4.69, 9.17) is 0 Å². The Labute approximate surface area is 178 Å². The summed E-state index contributed by atoms with van der Waals surface area (Å²) in [6.07, 6.45) is 5.77. The number of rotatable bonds is 6. The fraction of sp³-hybridized carbons (Fsp3) is 0.360. The number of amides is 1. The molecule has 1 saturated heterocycles. The lowest BCUT2D eigenvalue weighted by atomic mass is 10.1. The number of carbonyl (C=O) groups excluding carboxylic acids is 1. The van der Waals surface area contributed by atoms with Crippen LogP contribution in [0.5, 0.6) is 0 Å². The van der Waals surface area contributed by atoms with E-state index in [0.29, 0.717) is 5.56 Å². The minimum absolute atomic E-state index is 0.0566. The Balaban J connectivity index is 1.39. The predicted octanol–water partition coefficient (Wildman–Crippen LogP) is 4.66. The molecule has 30 heavy (non-hydrogen) atoms. The highest BCUT2D eigenvalue weighted by Crippen LogP contribution is 2.21. The summed E-state index contributed by atoms with van der Waals surface area (Å²) in [7, 11) is 0. The highest BCUT2D eigenvalue weighted by molar-refractivity contribution is 5.94. The van der Waals surface area contributed by atoms with E-state index in [0.717, 1.165) is 23.5 Å². The van der Waals surface area contributed by atoms with Gasteiger partial charge >= 0.3 is 0 Å². The molecule has 1 aromatic heterocycles. The van der Waals surface area contributed by atoms with Gasteiger partial charge in [0.25, 0.3) is 5.91 Å². The fourth-order valence-electron chi connectivity index (χ4n) is 4.17. The van der Waals surface area contributed by atoms with Crippen LogP contribution in [0.4, 0.5) is 0 Å². The maximum atomic E-state index is 12.8. The van der Waals surface area contributed by atoms with Crippen LogP contribution in [0.15, 0.2) is 60.8 Å². The summed E-state index contributed by atoms with van der Waals surface area (Å²) in [6.45, 7) is 7.36. The molecule has 0 spiro atoms. The van der Waals surface area contributed by atoms with Gasteiger partial charge in [-0.05, 0) is 69.6 Å². The third kappa shape index (κ3) is 4.62. The van der Waals surface area contributed by atoms with E-state index in [1.54, 1.807) is 0 Å². The van der Waals surface area contributed by atoms with Crippen molar-refractivity contribution in [2.24, 2.45) is 0 Å². The van der Waals surface area contributed by atoms with Gasteiger partial charge < -0.3 is 5.32 Å². The summed E-state index contributed by atoms with van der Waals surface area (Å²) in [6, 6.07) is 17.9. The van der Waals surface area contributed by atoms with E-state index in [9.17, 15) is 4.79 Å². The third-order valence-corrected chi connectivity index (χ3v) is 5.93. The molecule has 1 fully saturated rings. The number of hydrogen-bond donors (Lipinski definition) is 1. The van der Waals surface area contributed by atoms with Crippen molar-refractivity contribution in [2.75, 3.05) is 13.1 Å². The highest BCUT2D eigenvalue weighted by atomic mass is 16.1. The van der Waals surface area contributed by atoms with Gasteiger partial charge in [-0.1, -0.05) is 36.8 Å². The number of hydrogen-bond acceptors (Lipinski definition) is 3. The Morgan fingerprint density at radius 1 is 1.03 bits per heavy atom. The van der Waals surface area contributed by atoms with Gasteiger partial charge in [-0.3, -0.25) is 9.69 Å². The molecular formula is C25H30N4O. The van der Waals surface area contributed by atoms with Crippen LogP contribution in [0.1, 0.15) is 59.4 Å². The Morgan fingerprint density at radius 3 is 2.43 bits per heavy atom. The van der Waals surface area contributed by atoms with Crippen molar-refractivity contribution in [3.63, 3.8) is 0 Å². The highest BCUT2D eigenvalue weighted by Gasteiger charge is 2.17. The largest absolute Gasteiger partial charge is 0.345 e. The summed E-state index contributed by atoms with van der Waals surface area (Å²) in [4.78, 5) is 15.3. The van der Waals surface area contributed by atoms with Crippen molar-refractivity contribution >= 4 is 5.91 Å². The molecule has 0 unspecified atom stereocenters. The smallest absolute Gasteiger partial charge is 0.251 e. The molecule has 0 radical (unpaired) electrons. The van der Waals surface area contributed by atoms with Crippen molar-refractivity contribution in [1.29, 1.82) is 0 Å². The average molecular weight is 403 g/mol. The Hall–Kier alpha value is -2.92. The number of carbonyl (C=O) groups is 1. The quantitative estimate of drug-likeness (QED) is 0.652. The van der Waals surface area contributed by atoms with Crippen LogP contribution in [0.3, 0.4) is 0 Å². The Kier molecular flexibility index (Phi) is 6.29. The lowest BCUT2D eigenvalue weighted by Crippen LogP contribution is -2.29. The lowest BCUT2D eigenvalue weighted by molar-refractivity contribution is 0.0940. The number of para-hydroxylation sites is 1. The molecule has 1 aliphatic rings. The molecule has 1 amide bonds. The fourth-order valence-corrected chi connectivity index (χ4v) is 4.17. The zero-order valence-electron chi connectivity index (χ0n) is 17.8. The molecule has 156 valence electrons. The topological polar surface area (TPSA) is 50.2 Å². The van der Waals surface area contributed by atoms with Gasteiger partial charge in [0, 0.05) is 23.4 Å². The van der Waals surface area contributed by atoms with Crippen LogP contribution in [0.25, 0.3) is 5.69 Å². The normalized spacial score (nSPS) is 15.7. The van der Waals surface area contributed by atoms with Gasteiger partial charge in [-0.25, -0.2) is 4.68 Å². The molecule has 1 aliphatic heterocycles. The molecule has 3 aromatic rings. The Bertz CT molecular complexity index is 972. The second kappa shape index (κ2) is 9.26. The molecule has 5 heteroatoms. The van der Waals surface area contributed by atoms with Crippen molar-refractivity contribution in [1.82, 2.24) is 20.0 Å². The standard InChI is InChI=1S/C25H30N4O/c1-19(24-17-26-29(20(24)2)23-9-5-3-6-10-23)27-25(30)22-13-11-21(12-14-22)18-28-15-7-4-8-16-28/h3,5-6,9-14,17,19H,4,7-8,15-16,18H2,1-2H3,(H,27,30)/t19-/m1/s1. The monoisotopic (exact) mass is 402 g/mol.